The fourth-order valence-corrected chi connectivity index (χ4v) is 6.47. The molecule has 0 bridgehead atoms. The third-order valence-corrected chi connectivity index (χ3v) is 9.42. The van der Waals surface area contributed by atoms with Gasteiger partial charge in [0.25, 0.3) is 11.8 Å². The number of hydrogen-bond donors (Lipinski definition) is 4. The Morgan fingerprint density at radius 2 is 1.12 bits per heavy atom. The van der Waals surface area contributed by atoms with Crippen molar-refractivity contribution in [2.45, 2.75) is 32.5 Å². The van der Waals surface area contributed by atoms with Crippen LogP contribution in [0.3, 0.4) is 0 Å². The zero-order valence-electron chi connectivity index (χ0n) is 29.8. The minimum absolute atomic E-state index is 0. The van der Waals surface area contributed by atoms with Gasteiger partial charge in [-0.3, -0.25) is 24.0 Å². The summed E-state index contributed by atoms with van der Waals surface area (Å²) in [6.07, 6.45) is 2.58. The second-order valence-corrected chi connectivity index (χ2v) is 13.5. The largest absolute Gasteiger partial charge is 0.377 e. The Bertz CT molecular complexity index is 2700. The molecule has 0 spiro atoms. The minimum Gasteiger partial charge on any atom is -0.377 e. The van der Waals surface area contributed by atoms with E-state index in [9.17, 15) is 33.6 Å². The molecule has 0 atom stereocenters. The molecule has 0 fully saturated rings. The Labute approximate surface area is 384 Å². The van der Waals surface area contributed by atoms with Crippen molar-refractivity contribution in [1.82, 2.24) is 19.8 Å². The summed E-state index contributed by atoms with van der Waals surface area (Å²) in [6.45, 7) is 0.852. The number of pyridine rings is 2. The maximum Gasteiger partial charge on any atom is 0.255 e. The number of nitrogens with zero attached hydrogens (tertiary/aromatic N) is 2. The van der Waals surface area contributed by atoms with Gasteiger partial charge in [-0.15, -0.1) is 0 Å². The molecule has 6 aromatic rings. The first-order valence-corrected chi connectivity index (χ1v) is 17.6. The Morgan fingerprint density at radius 3 is 1.67 bits per heavy atom. The van der Waals surface area contributed by atoms with Crippen LogP contribution in [-0.4, -0.2) is 38.7 Å². The summed E-state index contributed by atoms with van der Waals surface area (Å²) in [7, 11) is 0. The van der Waals surface area contributed by atoms with Crippen LogP contribution in [0.2, 0.25) is 10.0 Å². The molecule has 2 aliphatic heterocycles. The van der Waals surface area contributed by atoms with E-state index in [-0.39, 0.29) is 118 Å². The number of aromatic nitrogens is 2. The molecule has 2 aliphatic rings. The Hall–Kier alpha value is -4.36. The number of aryl methyl sites for hydroxylation is 1. The molecule has 0 saturated carbocycles. The van der Waals surface area contributed by atoms with Gasteiger partial charge in [-0.2, -0.15) is 36.4 Å². The van der Waals surface area contributed by atoms with Crippen molar-refractivity contribution in [2.24, 2.45) is 0 Å². The van der Waals surface area contributed by atoms with E-state index in [0.717, 1.165) is 11.1 Å². The molecule has 0 aliphatic carbocycles. The molecule has 282 valence electrons. The summed E-state index contributed by atoms with van der Waals surface area (Å²) >= 11 is 11.7. The van der Waals surface area contributed by atoms with Gasteiger partial charge in [0.2, 0.25) is 17.7 Å². The SMILES string of the molecule is O=C1CC(=O)n2cc(C(=O)NCc3ccc(Cl)cc3)c(=O)c3c[c-]cc(c32)N1.O=C1CCn2cc(C(=O)NCc3ccc(Cl)cc3)c(=O)c3c[c-]cc(c32)N1.[Y].[Y]. The second-order valence-electron chi connectivity index (χ2n) is 12.6. The predicted octanol–water partition coefficient (Wildman–Crippen LogP) is 5.09. The van der Waals surface area contributed by atoms with Crippen molar-refractivity contribution in [2.75, 3.05) is 10.6 Å². The predicted molar refractivity (Wildman–Crippen MR) is 206 cm³/mol. The average molecular weight is 953 g/mol. The van der Waals surface area contributed by atoms with Gasteiger partial charge in [-0.25, -0.2) is 0 Å². The summed E-state index contributed by atoms with van der Waals surface area (Å²) in [5.41, 5.74) is 2.30. The van der Waals surface area contributed by atoms with E-state index in [1.165, 1.54) is 29.1 Å². The molecule has 4 heterocycles. The molecule has 0 unspecified atom stereocenters. The van der Waals surface area contributed by atoms with Crippen molar-refractivity contribution in [3.05, 3.63) is 150 Å². The molecule has 2 aromatic heterocycles. The summed E-state index contributed by atoms with van der Waals surface area (Å²) < 4.78 is 2.95. The number of carbonyl (C=O) groups is 5. The van der Waals surface area contributed by atoms with Crippen LogP contribution in [0.4, 0.5) is 11.4 Å². The second kappa shape index (κ2) is 18.9. The maximum atomic E-state index is 12.8. The molecular weight excluding hydrogens is 925 g/mol. The van der Waals surface area contributed by atoms with Crippen LogP contribution >= 0.6 is 23.2 Å². The molecule has 4 N–H and O–H groups in total. The Kier molecular flexibility index (Phi) is 14.5. The number of carbonyl (C=O) groups excluding carboxylic acids is 5. The first-order chi connectivity index (χ1) is 26.5. The van der Waals surface area contributed by atoms with Crippen molar-refractivity contribution in [3.8, 4) is 0 Å². The molecule has 57 heavy (non-hydrogen) atoms. The van der Waals surface area contributed by atoms with Gasteiger partial charge in [-0.05, 0) is 57.8 Å². The number of benzene rings is 4. The van der Waals surface area contributed by atoms with Crippen LogP contribution in [0.1, 0.15) is 49.5 Å². The summed E-state index contributed by atoms with van der Waals surface area (Å²) in [6, 6.07) is 25.7. The standard InChI is InChI=1S/C20H13ClN3O4.C20H15ClN3O3.2Y/c21-12-6-4-11(5-7-12)9-22-20(28)14-10-24-17(26)8-16(25)23-15-3-1-2-13(18(15)24)19(14)27;21-13-6-4-12(5-7-13)10-22-20(27)15-11-24-9-8-17(25)23-16-3-1-2-14(18(16)24)19(15)26;;/h2-7,10H,8-9H2,(H,22,28)(H,23,25);2-7,11H,8-10H2,(H,22,27)(H,23,25);;/q2*-1;;. The van der Waals surface area contributed by atoms with E-state index in [2.05, 4.69) is 33.4 Å². The fourth-order valence-electron chi connectivity index (χ4n) is 6.22. The van der Waals surface area contributed by atoms with Gasteiger partial charge in [0.1, 0.15) is 17.3 Å². The van der Waals surface area contributed by atoms with Crippen LogP contribution in [0.5, 0.6) is 0 Å². The maximum absolute atomic E-state index is 12.8. The summed E-state index contributed by atoms with van der Waals surface area (Å²) in [5, 5.41) is 12.5. The van der Waals surface area contributed by atoms with Gasteiger partial charge < -0.3 is 40.0 Å². The normalized spacial score (nSPS) is 12.7. The Morgan fingerprint density at radius 1 is 0.649 bits per heavy atom. The molecule has 17 heteroatoms. The molecule has 2 radical (unpaired) electrons. The van der Waals surface area contributed by atoms with Crippen LogP contribution in [-0.2, 0) is 94.6 Å². The minimum atomic E-state index is -0.618. The third kappa shape index (κ3) is 9.68. The van der Waals surface area contributed by atoms with E-state index in [0.29, 0.717) is 38.9 Å². The number of anilines is 2. The fraction of sp³-hybridized carbons (Fsp3) is 0.125. The molecule has 13 nitrogen and oxygen atoms in total. The van der Waals surface area contributed by atoms with Crippen molar-refractivity contribution < 1.29 is 89.4 Å². The average Bonchev–Trinajstić information content (AvgIpc) is 3.41. The first-order valence-electron chi connectivity index (χ1n) is 16.8. The van der Waals surface area contributed by atoms with Crippen molar-refractivity contribution in [3.63, 3.8) is 0 Å². The van der Waals surface area contributed by atoms with E-state index in [1.54, 1.807) is 53.1 Å². The summed E-state index contributed by atoms with van der Waals surface area (Å²) in [5.74, 6) is -2.24. The summed E-state index contributed by atoms with van der Waals surface area (Å²) in [4.78, 5) is 87.1. The van der Waals surface area contributed by atoms with Crippen LogP contribution in [0.25, 0.3) is 21.8 Å². The number of amides is 4. The molecule has 4 amide bonds. The monoisotopic (exact) mass is 952 g/mol. The third-order valence-electron chi connectivity index (χ3n) is 8.91. The van der Waals surface area contributed by atoms with Gasteiger partial charge in [0.15, 0.2) is 0 Å². The van der Waals surface area contributed by atoms with Gasteiger partial charge in [0, 0.05) is 114 Å². The zero-order chi connectivity index (χ0) is 38.8. The Balaban J connectivity index is 0.000000210. The van der Waals surface area contributed by atoms with E-state index in [1.807, 2.05) is 12.1 Å². The number of rotatable bonds is 6. The van der Waals surface area contributed by atoms with Crippen LogP contribution in [0, 0.1) is 12.1 Å². The first kappa shape index (κ1) is 43.8. The quantitative estimate of drug-likeness (QED) is 0.133. The molecular formula is C40H28Cl2N6O7Y2-2. The van der Waals surface area contributed by atoms with E-state index < -0.39 is 35.5 Å². The van der Waals surface area contributed by atoms with Gasteiger partial charge >= 0.3 is 0 Å². The van der Waals surface area contributed by atoms with Gasteiger partial charge in [-0.1, -0.05) is 58.2 Å². The van der Waals surface area contributed by atoms with Crippen molar-refractivity contribution in [1.29, 1.82) is 0 Å². The molecule has 4 aromatic carbocycles. The molecule has 8 rings (SSSR count). The van der Waals surface area contributed by atoms with Crippen LogP contribution < -0.4 is 32.1 Å². The topological polar surface area (TPSA) is 177 Å². The zero-order valence-corrected chi connectivity index (χ0v) is 37.0. The number of halogens is 2. The van der Waals surface area contributed by atoms with E-state index in [4.69, 9.17) is 23.2 Å². The van der Waals surface area contributed by atoms with Crippen LogP contribution in [0.15, 0.2) is 94.8 Å². The molecule has 0 saturated heterocycles. The van der Waals surface area contributed by atoms with Gasteiger partial charge in [0.05, 0.1) is 11.1 Å². The number of hydrogen-bond acceptors (Lipinski definition) is 7. The van der Waals surface area contributed by atoms with E-state index >= 15 is 0 Å². The van der Waals surface area contributed by atoms with Crippen molar-refractivity contribution >= 4 is 85.9 Å². The smallest absolute Gasteiger partial charge is 0.255 e. The number of nitrogens with one attached hydrogen (secondary N) is 4.